The van der Waals surface area contributed by atoms with Gasteiger partial charge in [-0.25, -0.2) is 8.42 Å². The van der Waals surface area contributed by atoms with Gasteiger partial charge in [-0.1, -0.05) is 0 Å². The van der Waals surface area contributed by atoms with Crippen molar-refractivity contribution < 1.29 is 8.42 Å². The van der Waals surface area contributed by atoms with E-state index >= 15 is 0 Å². The molecule has 1 aliphatic rings. The second kappa shape index (κ2) is 3.75. The molecule has 0 aromatic heterocycles. The van der Waals surface area contributed by atoms with Gasteiger partial charge in [-0.3, -0.25) is 0 Å². The van der Waals surface area contributed by atoms with E-state index in [1.165, 1.54) is 0 Å². The normalized spacial score (nSPS) is 21.6. The quantitative estimate of drug-likeness (QED) is 0.694. The topological polar surface area (TPSA) is 46.2 Å². The van der Waals surface area contributed by atoms with Crippen molar-refractivity contribution in [3.8, 4) is 0 Å². The van der Waals surface area contributed by atoms with Crippen LogP contribution < -0.4 is 5.32 Å². The number of sulfone groups is 1. The molecule has 3 nitrogen and oxygen atoms in total. The Balaban J connectivity index is 2.67. The van der Waals surface area contributed by atoms with Gasteiger partial charge in [-0.15, -0.1) is 0 Å². The standard InChI is InChI=1S/C8H17NO2S/c1-7(2)12(10,11)8-3-5-9-6-4-8/h7-9H,3-6H2,1-2H3. The number of nitrogens with one attached hydrogen (secondary N) is 1. The lowest BCUT2D eigenvalue weighted by Gasteiger charge is -2.24. The zero-order valence-electron chi connectivity index (χ0n) is 7.71. The van der Waals surface area contributed by atoms with Crippen molar-refractivity contribution in [3.05, 3.63) is 0 Å². The molecule has 0 bridgehead atoms. The first-order valence-corrected chi connectivity index (χ1v) is 6.09. The highest BCUT2D eigenvalue weighted by Crippen LogP contribution is 2.17. The van der Waals surface area contributed by atoms with E-state index in [1.807, 2.05) is 0 Å². The minimum atomic E-state index is -2.84. The molecule has 0 aliphatic carbocycles. The van der Waals surface area contributed by atoms with Crippen LogP contribution in [0.15, 0.2) is 0 Å². The summed E-state index contributed by atoms with van der Waals surface area (Å²) >= 11 is 0. The zero-order valence-corrected chi connectivity index (χ0v) is 8.52. The molecule has 72 valence electrons. The fraction of sp³-hybridized carbons (Fsp3) is 1.00. The van der Waals surface area contributed by atoms with Gasteiger partial charge in [-0.2, -0.15) is 0 Å². The minimum Gasteiger partial charge on any atom is -0.317 e. The largest absolute Gasteiger partial charge is 0.317 e. The van der Waals surface area contributed by atoms with Gasteiger partial charge in [0.15, 0.2) is 9.84 Å². The second-order valence-electron chi connectivity index (χ2n) is 3.59. The summed E-state index contributed by atoms with van der Waals surface area (Å²) in [6, 6.07) is 0. The van der Waals surface area contributed by atoms with Crippen molar-refractivity contribution in [2.24, 2.45) is 0 Å². The van der Waals surface area contributed by atoms with Gasteiger partial charge in [0, 0.05) is 0 Å². The average Bonchev–Trinajstić information content (AvgIpc) is 2.06. The predicted octanol–water partition coefficient (Wildman–Crippen LogP) is 0.562. The third-order valence-electron chi connectivity index (χ3n) is 2.41. The molecule has 0 aromatic carbocycles. The van der Waals surface area contributed by atoms with Gasteiger partial charge in [0.25, 0.3) is 0 Å². The van der Waals surface area contributed by atoms with E-state index < -0.39 is 9.84 Å². The first-order valence-electron chi connectivity index (χ1n) is 4.48. The van der Waals surface area contributed by atoms with Gasteiger partial charge in [0.05, 0.1) is 10.5 Å². The van der Waals surface area contributed by atoms with Crippen molar-refractivity contribution in [1.82, 2.24) is 5.32 Å². The molecule has 1 fully saturated rings. The molecule has 0 saturated carbocycles. The number of hydrogen-bond acceptors (Lipinski definition) is 3. The van der Waals surface area contributed by atoms with E-state index in [0.717, 1.165) is 25.9 Å². The van der Waals surface area contributed by atoms with Crippen LogP contribution in [0.25, 0.3) is 0 Å². The Morgan fingerprint density at radius 2 is 1.75 bits per heavy atom. The first kappa shape index (κ1) is 9.99. The highest BCUT2D eigenvalue weighted by atomic mass is 32.2. The molecule has 0 unspecified atom stereocenters. The fourth-order valence-corrected chi connectivity index (χ4v) is 3.17. The van der Waals surface area contributed by atoms with Crippen molar-refractivity contribution in [2.75, 3.05) is 13.1 Å². The molecule has 1 heterocycles. The Morgan fingerprint density at radius 1 is 1.25 bits per heavy atom. The number of rotatable bonds is 2. The van der Waals surface area contributed by atoms with Crippen LogP contribution in [0.5, 0.6) is 0 Å². The fourth-order valence-electron chi connectivity index (χ4n) is 1.51. The van der Waals surface area contributed by atoms with Crippen molar-refractivity contribution in [3.63, 3.8) is 0 Å². The molecule has 1 rings (SSSR count). The Kier molecular flexibility index (Phi) is 3.12. The molecular weight excluding hydrogens is 174 g/mol. The molecule has 1 aliphatic heterocycles. The van der Waals surface area contributed by atoms with Crippen LogP contribution in [0.1, 0.15) is 26.7 Å². The second-order valence-corrected chi connectivity index (χ2v) is 6.37. The van der Waals surface area contributed by atoms with E-state index in [9.17, 15) is 8.42 Å². The van der Waals surface area contributed by atoms with Gasteiger partial charge in [-0.05, 0) is 39.8 Å². The van der Waals surface area contributed by atoms with Crippen molar-refractivity contribution in [1.29, 1.82) is 0 Å². The smallest absolute Gasteiger partial charge is 0.155 e. The van der Waals surface area contributed by atoms with Crippen LogP contribution >= 0.6 is 0 Å². The van der Waals surface area contributed by atoms with E-state index in [4.69, 9.17) is 0 Å². The third-order valence-corrected chi connectivity index (χ3v) is 5.12. The summed E-state index contributed by atoms with van der Waals surface area (Å²) in [4.78, 5) is 0. The van der Waals surface area contributed by atoms with E-state index in [-0.39, 0.29) is 10.5 Å². The van der Waals surface area contributed by atoms with Crippen LogP contribution in [-0.2, 0) is 9.84 Å². The number of piperidine rings is 1. The Bertz CT molecular complexity index is 227. The van der Waals surface area contributed by atoms with E-state index in [2.05, 4.69) is 5.32 Å². The monoisotopic (exact) mass is 191 g/mol. The van der Waals surface area contributed by atoms with Crippen LogP contribution in [0.4, 0.5) is 0 Å². The maximum absolute atomic E-state index is 11.7. The molecule has 4 heteroatoms. The number of hydrogen-bond donors (Lipinski definition) is 1. The maximum atomic E-state index is 11.7. The summed E-state index contributed by atoms with van der Waals surface area (Å²) in [5.74, 6) is 0. The lowest BCUT2D eigenvalue weighted by atomic mass is 10.2. The van der Waals surface area contributed by atoms with E-state index in [1.54, 1.807) is 13.8 Å². The summed E-state index contributed by atoms with van der Waals surface area (Å²) in [5, 5.41) is 2.84. The maximum Gasteiger partial charge on any atom is 0.155 e. The molecule has 1 saturated heterocycles. The predicted molar refractivity (Wildman–Crippen MR) is 49.9 cm³/mol. The highest BCUT2D eigenvalue weighted by molar-refractivity contribution is 7.92. The van der Waals surface area contributed by atoms with Gasteiger partial charge in [0.1, 0.15) is 0 Å². The lowest BCUT2D eigenvalue weighted by molar-refractivity contribution is 0.492. The minimum absolute atomic E-state index is 0.0984. The van der Waals surface area contributed by atoms with Gasteiger partial charge < -0.3 is 5.32 Å². The highest BCUT2D eigenvalue weighted by Gasteiger charge is 2.29. The molecule has 0 aromatic rings. The van der Waals surface area contributed by atoms with Crippen LogP contribution in [0, 0.1) is 0 Å². The molecule has 12 heavy (non-hydrogen) atoms. The summed E-state index contributed by atoms with van der Waals surface area (Å²) in [6.45, 7) is 5.21. The zero-order chi connectivity index (χ0) is 9.19. The van der Waals surface area contributed by atoms with E-state index in [0.29, 0.717) is 0 Å². The first-order chi connectivity index (χ1) is 5.55. The summed E-state index contributed by atoms with van der Waals surface area (Å²) in [6.07, 6.45) is 1.56. The van der Waals surface area contributed by atoms with Crippen molar-refractivity contribution >= 4 is 9.84 Å². The summed E-state index contributed by atoms with van der Waals surface area (Å²) < 4.78 is 23.3. The van der Waals surface area contributed by atoms with Gasteiger partial charge >= 0.3 is 0 Å². The molecule has 1 N–H and O–H groups in total. The molecule has 0 atom stereocenters. The van der Waals surface area contributed by atoms with Crippen LogP contribution in [0.3, 0.4) is 0 Å². The Morgan fingerprint density at radius 3 is 2.17 bits per heavy atom. The average molecular weight is 191 g/mol. The Labute approximate surface area is 74.5 Å². The lowest BCUT2D eigenvalue weighted by Crippen LogP contribution is -2.38. The molecule has 0 spiro atoms. The molecule has 0 radical (unpaired) electrons. The summed E-state index contributed by atoms with van der Waals surface area (Å²) in [5.41, 5.74) is 0. The Hall–Kier alpha value is -0.0900. The third kappa shape index (κ3) is 1.98. The summed E-state index contributed by atoms with van der Waals surface area (Å²) in [7, 11) is -2.84. The van der Waals surface area contributed by atoms with Crippen molar-refractivity contribution in [2.45, 2.75) is 37.2 Å². The van der Waals surface area contributed by atoms with Gasteiger partial charge in [0.2, 0.25) is 0 Å². The van der Waals surface area contributed by atoms with Crippen LogP contribution in [-0.4, -0.2) is 32.0 Å². The molecular formula is C8H17NO2S. The molecule has 0 amide bonds. The SMILES string of the molecule is CC(C)S(=O)(=O)C1CCNCC1. The van der Waals surface area contributed by atoms with Crippen LogP contribution in [0.2, 0.25) is 0 Å².